The summed E-state index contributed by atoms with van der Waals surface area (Å²) >= 11 is 0. The van der Waals surface area contributed by atoms with E-state index in [2.05, 4.69) is 5.16 Å². The Hall–Kier alpha value is -2.64. The van der Waals surface area contributed by atoms with Crippen molar-refractivity contribution in [2.75, 3.05) is 0 Å². The van der Waals surface area contributed by atoms with Crippen molar-refractivity contribution < 1.29 is 76.6 Å². The van der Waals surface area contributed by atoms with E-state index in [0.29, 0.717) is 17.0 Å². The molecule has 0 aliphatic carbocycles. The van der Waals surface area contributed by atoms with Gasteiger partial charge in [0.2, 0.25) is 5.69 Å². The maximum atomic E-state index is 12.6. The van der Waals surface area contributed by atoms with Crippen LogP contribution in [0.15, 0.2) is 96.5 Å². The second-order valence-electron chi connectivity index (χ2n) is 6.81. The van der Waals surface area contributed by atoms with Crippen LogP contribution in [0.4, 0.5) is 0 Å². The first kappa shape index (κ1) is 26.6. The maximum absolute atomic E-state index is 12.6. The molecule has 2 aromatic carbocycles. The molecule has 0 saturated heterocycles. The SMILES string of the molecule is O=C(Oc1ccc2ccccc2c1)c1ccc[n+](COC[n+]2ccccc2C=NO)c1.[I-].[I-]. The molecular formula is C24H21I2N3O4. The van der Waals surface area contributed by atoms with Crippen LogP contribution in [0.1, 0.15) is 16.1 Å². The molecule has 4 rings (SSSR count). The van der Waals surface area contributed by atoms with E-state index in [1.807, 2.05) is 54.7 Å². The van der Waals surface area contributed by atoms with Crippen LogP contribution in [0.25, 0.3) is 10.8 Å². The minimum atomic E-state index is -0.441. The molecule has 0 amide bonds. The number of fused-ring (bicyclic) bond motifs is 1. The van der Waals surface area contributed by atoms with E-state index in [1.54, 1.807) is 45.8 Å². The molecule has 0 saturated carbocycles. The largest absolute Gasteiger partial charge is 1.00 e. The number of rotatable bonds is 7. The summed E-state index contributed by atoms with van der Waals surface area (Å²) in [6.07, 6.45) is 6.63. The van der Waals surface area contributed by atoms with Crippen molar-refractivity contribution in [3.63, 3.8) is 0 Å². The number of carbonyl (C=O) groups excluding carboxylic acids is 1. The van der Waals surface area contributed by atoms with Gasteiger partial charge in [-0.1, -0.05) is 35.5 Å². The van der Waals surface area contributed by atoms with Crippen molar-refractivity contribution in [3.8, 4) is 5.75 Å². The monoisotopic (exact) mass is 669 g/mol. The molecule has 7 nitrogen and oxygen atoms in total. The van der Waals surface area contributed by atoms with E-state index in [1.165, 1.54) is 6.21 Å². The molecule has 1 N–H and O–H groups in total. The molecule has 0 bridgehead atoms. The van der Waals surface area contributed by atoms with Crippen LogP contribution in [0.2, 0.25) is 0 Å². The maximum Gasteiger partial charge on any atom is 0.349 e. The van der Waals surface area contributed by atoms with Crippen LogP contribution in [-0.4, -0.2) is 17.4 Å². The molecule has 0 unspecified atom stereocenters. The number of halogens is 2. The fourth-order valence-corrected chi connectivity index (χ4v) is 3.15. The van der Waals surface area contributed by atoms with Gasteiger partial charge in [-0.15, -0.1) is 0 Å². The highest BCUT2D eigenvalue weighted by Gasteiger charge is 2.15. The zero-order valence-electron chi connectivity index (χ0n) is 17.4. The first-order valence-electron chi connectivity index (χ1n) is 9.67. The van der Waals surface area contributed by atoms with Crippen LogP contribution in [-0.2, 0) is 18.2 Å². The van der Waals surface area contributed by atoms with Gasteiger partial charge in [0.15, 0.2) is 18.6 Å². The van der Waals surface area contributed by atoms with Gasteiger partial charge in [-0.25, -0.2) is 4.79 Å². The van der Waals surface area contributed by atoms with Gasteiger partial charge in [-0.3, -0.25) is 4.74 Å². The third-order valence-electron chi connectivity index (χ3n) is 4.66. The summed E-state index contributed by atoms with van der Waals surface area (Å²) in [5.41, 5.74) is 1.11. The van der Waals surface area contributed by atoms with Gasteiger partial charge < -0.3 is 57.9 Å². The summed E-state index contributed by atoms with van der Waals surface area (Å²) in [7, 11) is 0. The van der Waals surface area contributed by atoms with E-state index in [-0.39, 0.29) is 61.4 Å². The number of nitrogens with zero attached hydrogens (tertiary/aromatic N) is 3. The van der Waals surface area contributed by atoms with Crippen LogP contribution in [0.3, 0.4) is 0 Å². The summed E-state index contributed by atoms with van der Waals surface area (Å²) in [4.78, 5) is 12.6. The highest BCUT2D eigenvalue weighted by Crippen LogP contribution is 2.21. The van der Waals surface area contributed by atoms with Gasteiger partial charge in [0.05, 0.1) is 0 Å². The Balaban J connectivity index is 0.00000193. The molecule has 0 fully saturated rings. The quantitative estimate of drug-likeness (QED) is 0.0436. The lowest BCUT2D eigenvalue weighted by Gasteiger charge is -2.05. The number of carbonyl (C=O) groups is 1. The fraction of sp³-hybridized carbons (Fsp3) is 0.0833. The van der Waals surface area contributed by atoms with Crippen molar-refractivity contribution in [1.29, 1.82) is 0 Å². The smallest absolute Gasteiger partial charge is 0.349 e. The van der Waals surface area contributed by atoms with Crippen LogP contribution in [0, 0.1) is 0 Å². The first-order chi connectivity index (χ1) is 15.2. The molecule has 0 radical (unpaired) electrons. The number of benzene rings is 2. The summed E-state index contributed by atoms with van der Waals surface area (Å²) in [6, 6.07) is 22.4. The minimum Gasteiger partial charge on any atom is -1.00 e. The Morgan fingerprint density at radius 1 is 0.909 bits per heavy atom. The van der Waals surface area contributed by atoms with Crippen molar-refractivity contribution in [1.82, 2.24) is 0 Å². The predicted octanol–water partition coefficient (Wildman–Crippen LogP) is -2.92. The normalized spacial score (nSPS) is 10.4. The Bertz CT molecular complexity index is 1250. The van der Waals surface area contributed by atoms with E-state index in [0.717, 1.165) is 10.8 Å². The lowest BCUT2D eigenvalue weighted by atomic mass is 10.1. The molecule has 2 aromatic heterocycles. The van der Waals surface area contributed by atoms with Crippen LogP contribution in [0.5, 0.6) is 5.75 Å². The van der Waals surface area contributed by atoms with Crippen molar-refractivity contribution in [2.24, 2.45) is 5.16 Å². The van der Waals surface area contributed by atoms with Crippen LogP contribution >= 0.6 is 0 Å². The third-order valence-corrected chi connectivity index (χ3v) is 4.66. The highest BCUT2D eigenvalue weighted by atomic mass is 127. The fourth-order valence-electron chi connectivity index (χ4n) is 3.15. The standard InChI is InChI=1S/C24H20N3O4.2HI/c28-24(31-23-11-10-19-6-1-2-7-20(19)14-23)21-8-5-12-26(16-21)17-30-18-27-13-4-3-9-22(27)15-25-29;;/h1-16H,17-18H2;2*1H/q+1;;/p-1. The molecule has 0 atom stereocenters. The van der Waals surface area contributed by atoms with E-state index in [4.69, 9.17) is 14.7 Å². The predicted molar refractivity (Wildman–Crippen MR) is 113 cm³/mol. The average Bonchev–Trinajstić information content (AvgIpc) is 2.80. The number of oxime groups is 1. The van der Waals surface area contributed by atoms with Gasteiger partial charge in [0.25, 0.3) is 13.5 Å². The number of hydrogen-bond acceptors (Lipinski definition) is 5. The third kappa shape index (κ3) is 7.17. The summed E-state index contributed by atoms with van der Waals surface area (Å²) < 4.78 is 14.8. The molecule has 2 heterocycles. The first-order valence-corrected chi connectivity index (χ1v) is 9.67. The Kier molecular flexibility index (Phi) is 10.6. The minimum absolute atomic E-state index is 0. The highest BCUT2D eigenvalue weighted by molar-refractivity contribution is 5.91. The average molecular weight is 669 g/mol. The van der Waals surface area contributed by atoms with Gasteiger partial charge in [-0.2, -0.15) is 9.13 Å². The molecular weight excluding hydrogens is 648 g/mol. The molecule has 0 spiro atoms. The van der Waals surface area contributed by atoms with Gasteiger partial charge in [0.1, 0.15) is 17.5 Å². The van der Waals surface area contributed by atoms with Crippen molar-refractivity contribution in [3.05, 3.63) is 103 Å². The van der Waals surface area contributed by atoms with Crippen molar-refractivity contribution >= 4 is 23.0 Å². The zero-order chi connectivity index (χ0) is 21.5. The second kappa shape index (κ2) is 13.2. The van der Waals surface area contributed by atoms with Gasteiger partial charge in [0, 0.05) is 18.2 Å². The van der Waals surface area contributed by atoms with E-state index < -0.39 is 5.97 Å². The van der Waals surface area contributed by atoms with Gasteiger partial charge >= 0.3 is 5.97 Å². The molecule has 33 heavy (non-hydrogen) atoms. The summed E-state index contributed by atoms with van der Waals surface area (Å²) in [5.74, 6) is 0.0532. The molecule has 170 valence electrons. The lowest BCUT2D eigenvalue weighted by Crippen LogP contribution is -3.00. The van der Waals surface area contributed by atoms with Crippen molar-refractivity contribution in [2.45, 2.75) is 13.5 Å². The number of pyridine rings is 2. The second-order valence-corrected chi connectivity index (χ2v) is 6.81. The zero-order valence-corrected chi connectivity index (χ0v) is 21.7. The number of aromatic nitrogens is 2. The Morgan fingerprint density at radius 3 is 2.52 bits per heavy atom. The lowest BCUT2D eigenvalue weighted by molar-refractivity contribution is -0.788. The number of ether oxygens (including phenoxy) is 2. The molecule has 9 heteroatoms. The molecule has 0 aliphatic heterocycles. The Morgan fingerprint density at radius 2 is 1.70 bits per heavy atom. The molecule has 0 aliphatic rings. The van der Waals surface area contributed by atoms with E-state index >= 15 is 0 Å². The number of esters is 1. The number of hydrogen-bond donors (Lipinski definition) is 1. The van der Waals surface area contributed by atoms with E-state index in [9.17, 15) is 4.79 Å². The summed E-state index contributed by atoms with van der Waals surface area (Å²) in [6.45, 7) is 0.482. The Labute approximate surface area is 225 Å². The molecule has 4 aromatic rings. The topological polar surface area (TPSA) is 75.9 Å². The summed E-state index contributed by atoms with van der Waals surface area (Å²) in [5, 5.41) is 13.9. The van der Waals surface area contributed by atoms with Gasteiger partial charge in [-0.05, 0) is 35.0 Å². The van der Waals surface area contributed by atoms with Crippen LogP contribution < -0.4 is 61.8 Å².